The van der Waals surface area contributed by atoms with E-state index in [2.05, 4.69) is 14.9 Å². The molecule has 3 aromatic rings. The minimum absolute atomic E-state index is 0.122. The largest absolute Gasteiger partial charge is 0.322 e. The quantitative estimate of drug-likeness (QED) is 0.491. The van der Waals surface area contributed by atoms with E-state index in [9.17, 15) is 17.6 Å². The highest BCUT2D eigenvalue weighted by Crippen LogP contribution is 2.22. The monoisotopic (exact) mass is 499 g/mol. The Morgan fingerprint density at radius 2 is 1.79 bits per heavy atom. The van der Waals surface area contributed by atoms with Gasteiger partial charge < -0.3 is 5.32 Å². The van der Waals surface area contributed by atoms with E-state index in [1.54, 1.807) is 13.0 Å². The number of nitrogens with one attached hydrogen (secondary N) is 2. The number of amides is 1. The van der Waals surface area contributed by atoms with Crippen LogP contribution in [0.3, 0.4) is 0 Å². The lowest BCUT2D eigenvalue weighted by Crippen LogP contribution is -2.31. The molecule has 2 N–H and O–H groups in total. The van der Waals surface area contributed by atoms with Crippen LogP contribution in [-0.2, 0) is 16.6 Å². The summed E-state index contributed by atoms with van der Waals surface area (Å²) in [5.74, 6) is 1.16. The van der Waals surface area contributed by atoms with Gasteiger partial charge in [-0.25, -0.2) is 12.8 Å². The van der Waals surface area contributed by atoms with Gasteiger partial charge in [0.25, 0.3) is 15.9 Å². The van der Waals surface area contributed by atoms with Crippen molar-refractivity contribution in [3.63, 3.8) is 0 Å². The molecule has 34 heavy (non-hydrogen) atoms. The van der Waals surface area contributed by atoms with Crippen LogP contribution in [0, 0.1) is 12.7 Å². The summed E-state index contributed by atoms with van der Waals surface area (Å²) < 4.78 is 41.8. The van der Waals surface area contributed by atoms with Gasteiger partial charge in [-0.1, -0.05) is 30.3 Å². The molecule has 0 aliphatic carbocycles. The summed E-state index contributed by atoms with van der Waals surface area (Å²) >= 11 is 1.96. The molecule has 1 heterocycles. The molecule has 0 bridgehead atoms. The van der Waals surface area contributed by atoms with Crippen LogP contribution in [0.15, 0.2) is 71.6 Å². The molecule has 1 saturated heterocycles. The number of rotatable bonds is 7. The van der Waals surface area contributed by atoms with Crippen molar-refractivity contribution in [2.75, 3.05) is 34.6 Å². The van der Waals surface area contributed by atoms with Crippen LogP contribution in [0.2, 0.25) is 0 Å². The van der Waals surface area contributed by atoms with Crippen molar-refractivity contribution in [2.45, 2.75) is 18.4 Å². The molecule has 1 aliphatic rings. The molecule has 1 aliphatic heterocycles. The molecular weight excluding hydrogens is 473 g/mol. The molecule has 4 rings (SSSR count). The molecule has 0 radical (unpaired) electrons. The number of sulfonamides is 1. The van der Waals surface area contributed by atoms with Crippen molar-refractivity contribution in [1.82, 2.24) is 4.90 Å². The minimum atomic E-state index is -4.08. The molecule has 6 nitrogen and oxygen atoms in total. The van der Waals surface area contributed by atoms with Gasteiger partial charge in [0.2, 0.25) is 0 Å². The lowest BCUT2D eigenvalue weighted by atomic mass is 10.1. The molecule has 0 atom stereocenters. The Morgan fingerprint density at radius 1 is 1.03 bits per heavy atom. The number of benzene rings is 3. The van der Waals surface area contributed by atoms with E-state index < -0.39 is 21.7 Å². The van der Waals surface area contributed by atoms with E-state index in [1.807, 2.05) is 36.0 Å². The smallest absolute Gasteiger partial charge is 0.262 e. The summed E-state index contributed by atoms with van der Waals surface area (Å²) in [5.41, 5.74) is 2.45. The first-order chi connectivity index (χ1) is 16.3. The Bertz CT molecular complexity index is 1290. The molecule has 0 aromatic heterocycles. The minimum Gasteiger partial charge on any atom is -0.322 e. The highest BCUT2D eigenvalue weighted by atomic mass is 32.2. The maximum atomic E-state index is 13.9. The second-order valence-electron chi connectivity index (χ2n) is 8.11. The number of aryl methyl sites for hydroxylation is 1. The lowest BCUT2D eigenvalue weighted by molar-refractivity contribution is 0.102. The molecule has 9 heteroatoms. The van der Waals surface area contributed by atoms with Gasteiger partial charge in [-0.2, -0.15) is 11.8 Å². The Balaban J connectivity index is 1.51. The number of hydrogen-bond acceptors (Lipinski definition) is 5. The van der Waals surface area contributed by atoms with Crippen LogP contribution in [0.5, 0.6) is 0 Å². The summed E-state index contributed by atoms with van der Waals surface area (Å²) in [6.45, 7) is 4.64. The van der Waals surface area contributed by atoms with E-state index in [0.717, 1.165) is 36.7 Å². The van der Waals surface area contributed by atoms with Crippen LogP contribution in [-0.4, -0.2) is 43.8 Å². The van der Waals surface area contributed by atoms with Gasteiger partial charge in [0, 0.05) is 42.4 Å². The van der Waals surface area contributed by atoms with Gasteiger partial charge in [-0.05, 0) is 54.4 Å². The van der Waals surface area contributed by atoms with E-state index in [4.69, 9.17) is 0 Å². The van der Waals surface area contributed by atoms with Gasteiger partial charge in [-0.3, -0.25) is 14.4 Å². The molecule has 3 aromatic carbocycles. The Kier molecular flexibility index (Phi) is 7.55. The predicted molar refractivity (Wildman–Crippen MR) is 135 cm³/mol. The lowest BCUT2D eigenvalue weighted by Gasteiger charge is -2.26. The molecule has 178 valence electrons. The van der Waals surface area contributed by atoms with Crippen LogP contribution in [0.25, 0.3) is 0 Å². The van der Waals surface area contributed by atoms with Crippen molar-refractivity contribution < 1.29 is 17.6 Å². The standard InChI is InChI=1S/C25H26FN3O3S2/c1-18-9-10-21(34(31,32)28-24-8-3-2-7-23(24)26)16-22(18)25(30)27-20-6-4-5-19(15-20)17-29-11-13-33-14-12-29/h2-10,15-16,28H,11-14,17H2,1H3,(H,27,30). The van der Waals surface area contributed by atoms with Gasteiger partial charge in [0.15, 0.2) is 0 Å². The Labute approximate surface area is 203 Å². The highest BCUT2D eigenvalue weighted by Gasteiger charge is 2.20. The zero-order valence-electron chi connectivity index (χ0n) is 18.8. The number of thioether (sulfide) groups is 1. The van der Waals surface area contributed by atoms with Gasteiger partial charge in [0.1, 0.15) is 5.82 Å². The van der Waals surface area contributed by atoms with Crippen molar-refractivity contribution in [1.29, 1.82) is 0 Å². The second kappa shape index (κ2) is 10.6. The third-order valence-electron chi connectivity index (χ3n) is 5.58. The van der Waals surface area contributed by atoms with Crippen LogP contribution in [0.4, 0.5) is 15.8 Å². The highest BCUT2D eigenvalue weighted by molar-refractivity contribution is 7.99. The van der Waals surface area contributed by atoms with E-state index >= 15 is 0 Å². The molecular formula is C25H26FN3O3S2. The summed E-state index contributed by atoms with van der Waals surface area (Å²) in [7, 11) is -4.08. The van der Waals surface area contributed by atoms with Gasteiger partial charge in [-0.15, -0.1) is 0 Å². The van der Waals surface area contributed by atoms with E-state index in [0.29, 0.717) is 11.3 Å². The van der Waals surface area contributed by atoms with Gasteiger partial charge >= 0.3 is 0 Å². The van der Waals surface area contributed by atoms with Crippen LogP contribution >= 0.6 is 11.8 Å². The van der Waals surface area contributed by atoms with Gasteiger partial charge in [0.05, 0.1) is 10.6 Å². The Morgan fingerprint density at radius 3 is 2.56 bits per heavy atom. The van der Waals surface area contributed by atoms with E-state index in [-0.39, 0.29) is 16.1 Å². The second-order valence-corrected chi connectivity index (χ2v) is 11.0. The average Bonchev–Trinajstić information content (AvgIpc) is 2.81. The molecule has 0 spiro atoms. The number of anilines is 2. The SMILES string of the molecule is Cc1ccc(S(=O)(=O)Nc2ccccc2F)cc1C(=O)Nc1cccc(CN2CCSCC2)c1. The van der Waals surface area contributed by atoms with Crippen molar-refractivity contribution in [3.8, 4) is 0 Å². The number of halogens is 1. The third kappa shape index (κ3) is 5.97. The zero-order chi connectivity index (χ0) is 24.1. The third-order valence-corrected chi connectivity index (χ3v) is 7.88. The van der Waals surface area contributed by atoms with Crippen molar-refractivity contribution in [3.05, 3.63) is 89.2 Å². The van der Waals surface area contributed by atoms with E-state index in [1.165, 1.54) is 36.4 Å². The molecule has 1 amide bonds. The fourth-order valence-corrected chi connectivity index (χ4v) is 5.80. The average molecular weight is 500 g/mol. The summed E-state index contributed by atoms with van der Waals surface area (Å²) in [6.07, 6.45) is 0. The predicted octanol–water partition coefficient (Wildman–Crippen LogP) is 4.74. The maximum absolute atomic E-state index is 13.9. The summed E-state index contributed by atoms with van der Waals surface area (Å²) in [4.78, 5) is 15.3. The van der Waals surface area contributed by atoms with Crippen molar-refractivity contribution in [2.24, 2.45) is 0 Å². The first-order valence-electron chi connectivity index (χ1n) is 10.9. The number of hydrogen-bond donors (Lipinski definition) is 2. The summed E-state index contributed by atoms with van der Waals surface area (Å²) in [5, 5.41) is 2.88. The molecule has 1 fully saturated rings. The molecule has 0 unspecified atom stereocenters. The first kappa shape index (κ1) is 24.3. The van der Waals surface area contributed by atoms with Crippen LogP contribution < -0.4 is 10.0 Å². The molecule has 0 saturated carbocycles. The number of carbonyl (C=O) groups excluding carboxylic acids is 1. The first-order valence-corrected chi connectivity index (χ1v) is 13.5. The fourth-order valence-electron chi connectivity index (χ4n) is 3.72. The number of para-hydroxylation sites is 1. The van der Waals surface area contributed by atoms with Crippen LogP contribution in [0.1, 0.15) is 21.5 Å². The van der Waals surface area contributed by atoms with Crippen molar-refractivity contribution >= 4 is 39.1 Å². The maximum Gasteiger partial charge on any atom is 0.262 e. The zero-order valence-corrected chi connectivity index (χ0v) is 20.4. The fraction of sp³-hybridized carbons (Fsp3) is 0.240. The normalized spacial score (nSPS) is 14.5. The number of nitrogens with zero attached hydrogens (tertiary/aromatic N) is 1. The number of carbonyl (C=O) groups is 1. The topological polar surface area (TPSA) is 78.5 Å². The summed E-state index contributed by atoms with van der Waals surface area (Å²) in [6, 6.07) is 17.5. The Hall–Kier alpha value is -2.88.